The Morgan fingerprint density at radius 1 is 1.03 bits per heavy atom. The molecule has 1 N–H and O–H groups in total. The van der Waals surface area contributed by atoms with Crippen LogP contribution in [0, 0.1) is 5.41 Å². The Hall–Kier alpha value is -3.85. The summed E-state index contributed by atoms with van der Waals surface area (Å²) in [5.41, 5.74) is -0.269. The third kappa shape index (κ3) is 5.77. The Labute approximate surface area is 216 Å². The van der Waals surface area contributed by atoms with Crippen LogP contribution in [0.1, 0.15) is 23.6 Å². The number of urea groups is 1. The maximum atomic E-state index is 13.5. The molecule has 1 aliphatic rings. The molecular formula is C27H23ClF3N3O3. The molecule has 6 nitrogen and oxygen atoms in total. The number of rotatable bonds is 6. The zero-order valence-corrected chi connectivity index (χ0v) is 20.5. The first kappa shape index (κ1) is 26.2. The first-order chi connectivity index (χ1) is 17.6. The van der Waals surface area contributed by atoms with Crippen LogP contribution < -0.4 is 5.32 Å². The van der Waals surface area contributed by atoms with Gasteiger partial charge in [-0.05, 0) is 60.9 Å². The predicted octanol–water partition coefficient (Wildman–Crippen LogP) is 6.40. The van der Waals surface area contributed by atoms with Crippen LogP contribution in [0.2, 0.25) is 5.02 Å². The molecule has 1 heterocycles. The SMILES string of the molecule is CCOC(=O)C1(Cc2ccccc2)CN(C(=O)Nc2ccc(C(F)(F)F)cc2)N=C1c1ccc(Cl)cc1. The summed E-state index contributed by atoms with van der Waals surface area (Å²) < 4.78 is 44.1. The number of carbonyl (C=O) groups is 2. The lowest BCUT2D eigenvalue weighted by atomic mass is 9.75. The zero-order valence-electron chi connectivity index (χ0n) is 19.8. The van der Waals surface area contributed by atoms with E-state index in [4.69, 9.17) is 16.3 Å². The number of amides is 2. The fraction of sp³-hybridized carbons (Fsp3) is 0.222. The van der Waals surface area contributed by atoms with Crippen molar-refractivity contribution >= 4 is 35.0 Å². The Bertz CT molecular complexity index is 1300. The topological polar surface area (TPSA) is 71.0 Å². The summed E-state index contributed by atoms with van der Waals surface area (Å²) in [6, 6.07) is 19.4. The number of halogens is 4. The van der Waals surface area contributed by atoms with Crippen LogP contribution >= 0.6 is 11.6 Å². The zero-order chi connectivity index (χ0) is 26.6. The van der Waals surface area contributed by atoms with E-state index in [1.54, 1.807) is 31.2 Å². The molecule has 0 aliphatic carbocycles. The first-order valence-corrected chi connectivity index (χ1v) is 11.8. The van der Waals surface area contributed by atoms with Gasteiger partial charge in [0, 0.05) is 10.7 Å². The van der Waals surface area contributed by atoms with Crippen LogP contribution in [0.15, 0.2) is 84.0 Å². The number of hydrazone groups is 1. The van der Waals surface area contributed by atoms with Crippen LogP contribution in [-0.4, -0.2) is 35.9 Å². The monoisotopic (exact) mass is 529 g/mol. The molecule has 2 amide bonds. The average molecular weight is 530 g/mol. The standard InChI is InChI=1S/C27H23ClF3N3O3/c1-2-37-24(35)26(16-18-6-4-3-5-7-18)17-34(33-23(26)19-8-12-21(28)13-9-19)25(36)32-22-14-10-20(11-15-22)27(29,30)31/h3-15H,2,16-17H2,1H3,(H,32,36). The number of carbonyl (C=O) groups excluding carboxylic acids is 2. The van der Waals surface area contributed by atoms with Crippen molar-refractivity contribution in [3.8, 4) is 0 Å². The van der Waals surface area contributed by atoms with Gasteiger partial charge in [0.2, 0.25) is 0 Å². The summed E-state index contributed by atoms with van der Waals surface area (Å²) in [7, 11) is 0. The largest absolute Gasteiger partial charge is 0.465 e. The lowest BCUT2D eigenvalue weighted by Crippen LogP contribution is -2.46. The first-order valence-electron chi connectivity index (χ1n) is 11.4. The third-order valence-corrected chi connectivity index (χ3v) is 6.18. The lowest BCUT2D eigenvalue weighted by molar-refractivity contribution is -0.151. The second-order valence-electron chi connectivity index (χ2n) is 8.48. The van der Waals surface area contributed by atoms with Gasteiger partial charge in [-0.25, -0.2) is 9.80 Å². The summed E-state index contributed by atoms with van der Waals surface area (Å²) in [4.78, 5) is 26.6. The van der Waals surface area contributed by atoms with Crippen molar-refractivity contribution in [1.29, 1.82) is 0 Å². The van der Waals surface area contributed by atoms with Gasteiger partial charge in [-0.3, -0.25) is 4.79 Å². The molecule has 10 heteroatoms. The smallest absolute Gasteiger partial charge is 0.416 e. The lowest BCUT2D eigenvalue weighted by Gasteiger charge is -2.29. The predicted molar refractivity (Wildman–Crippen MR) is 134 cm³/mol. The fourth-order valence-electron chi connectivity index (χ4n) is 4.16. The number of anilines is 1. The van der Waals surface area contributed by atoms with Gasteiger partial charge in [0.1, 0.15) is 5.41 Å². The van der Waals surface area contributed by atoms with E-state index < -0.39 is 29.2 Å². The minimum absolute atomic E-state index is 0.126. The average Bonchev–Trinajstić information content (AvgIpc) is 3.26. The Balaban J connectivity index is 1.70. The molecule has 0 spiro atoms. The number of nitrogens with one attached hydrogen (secondary N) is 1. The number of hydrogen-bond donors (Lipinski definition) is 1. The summed E-state index contributed by atoms with van der Waals surface area (Å²) in [6.07, 6.45) is -4.29. The van der Waals surface area contributed by atoms with E-state index in [1.807, 2.05) is 30.3 Å². The number of benzene rings is 3. The van der Waals surface area contributed by atoms with E-state index in [0.717, 1.165) is 34.8 Å². The van der Waals surface area contributed by atoms with E-state index in [-0.39, 0.29) is 25.3 Å². The normalized spacial score (nSPS) is 17.3. The van der Waals surface area contributed by atoms with Crippen molar-refractivity contribution in [2.24, 2.45) is 10.5 Å². The van der Waals surface area contributed by atoms with E-state index >= 15 is 0 Å². The van der Waals surface area contributed by atoms with Crippen molar-refractivity contribution < 1.29 is 27.5 Å². The fourth-order valence-corrected chi connectivity index (χ4v) is 4.28. The highest BCUT2D eigenvalue weighted by Gasteiger charge is 2.52. The number of hydrogen-bond acceptors (Lipinski definition) is 4. The van der Waals surface area contributed by atoms with E-state index in [0.29, 0.717) is 16.3 Å². The second-order valence-corrected chi connectivity index (χ2v) is 8.92. The van der Waals surface area contributed by atoms with Crippen molar-refractivity contribution in [2.75, 3.05) is 18.5 Å². The van der Waals surface area contributed by atoms with Gasteiger partial charge in [-0.1, -0.05) is 54.1 Å². The van der Waals surface area contributed by atoms with Gasteiger partial charge >= 0.3 is 18.2 Å². The third-order valence-electron chi connectivity index (χ3n) is 5.92. The minimum Gasteiger partial charge on any atom is -0.465 e. The molecule has 0 saturated carbocycles. The van der Waals surface area contributed by atoms with Gasteiger partial charge in [0.25, 0.3) is 0 Å². The molecular weight excluding hydrogens is 507 g/mol. The van der Waals surface area contributed by atoms with Gasteiger partial charge in [-0.2, -0.15) is 18.3 Å². The quantitative estimate of drug-likeness (QED) is 0.375. The van der Waals surface area contributed by atoms with Crippen molar-refractivity contribution in [1.82, 2.24) is 5.01 Å². The summed E-state index contributed by atoms with van der Waals surface area (Å²) in [6.45, 7) is 1.68. The summed E-state index contributed by atoms with van der Waals surface area (Å²) >= 11 is 6.06. The Morgan fingerprint density at radius 2 is 1.68 bits per heavy atom. The highest BCUT2D eigenvalue weighted by molar-refractivity contribution is 6.30. The van der Waals surface area contributed by atoms with Crippen LogP contribution in [-0.2, 0) is 22.1 Å². The van der Waals surface area contributed by atoms with Crippen molar-refractivity contribution in [3.63, 3.8) is 0 Å². The molecule has 0 radical (unpaired) electrons. The Kier molecular flexibility index (Phi) is 7.54. The molecule has 0 aromatic heterocycles. The molecule has 37 heavy (non-hydrogen) atoms. The van der Waals surface area contributed by atoms with Crippen LogP contribution in [0.3, 0.4) is 0 Å². The van der Waals surface area contributed by atoms with E-state index in [2.05, 4.69) is 10.4 Å². The van der Waals surface area contributed by atoms with Gasteiger partial charge in [-0.15, -0.1) is 0 Å². The van der Waals surface area contributed by atoms with Gasteiger partial charge in [0.15, 0.2) is 0 Å². The molecule has 1 atom stereocenters. The summed E-state index contributed by atoms with van der Waals surface area (Å²) in [5.74, 6) is -0.544. The van der Waals surface area contributed by atoms with E-state index in [1.165, 1.54) is 0 Å². The minimum atomic E-state index is -4.49. The van der Waals surface area contributed by atoms with Crippen LogP contribution in [0.25, 0.3) is 0 Å². The maximum absolute atomic E-state index is 13.5. The molecule has 192 valence electrons. The second kappa shape index (κ2) is 10.6. The van der Waals surface area contributed by atoms with Gasteiger partial charge in [0.05, 0.1) is 24.4 Å². The van der Waals surface area contributed by atoms with Gasteiger partial charge < -0.3 is 10.1 Å². The van der Waals surface area contributed by atoms with Crippen molar-refractivity contribution in [3.05, 3.63) is 101 Å². The summed E-state index contributed by atoms with van der Waals surface area (Å²) in [5, 5.41) is 8.65. The molecule has 3 aromatic carbocycles. The molecule has 1 aliphatic heterocycles. The molecule has 0 bridgehead atoms. The van der Waals surface area contributed by atoms with Crippen LogP contribution in [0.4, 0.5) is 23.7 Å². The molecule has 4 rings (SSSR count). The molecule has 1 unspecified atom stereocenters. The maximum Gasteiger partial charge on any atom is 0.416 e. The Morgan fingerprint density at radius 3 is 2.27 bits per heavy atom. The number of alkyl halides is 3. The number of nitrogens with zero attached hydrogens (tertiary/aromatic N) is 2. The molecule has 0 saturated heterocycles. The number of ether oxygens (including phenoxy) is 1. The van der Waals surface area contributed by atoms with E-state index in [9.17, 15) is 22.8 Å². The highest BCUT2D eigenvalue weighted by Crippen LogP contribution is 2.37. The molecule has 3 aromatic rings. The van der Waals surface area contributed by atoms with Crippen LogP contribution in [0.5, 0.6) is 0 Å². The highest BCUT2D eigenvalue weighted by atomic mass is 35.5. The number of esters is 1. The molecule has 0 fully saturated rings. The van der Waals surface area contributed by atoms with Crippen molar-refractivity contribution in [2.45, 2.75) is 19.5 Å².